The number of hydrogen-bond acceptors (Lipinski definition) is 8. The zero-order valence-electron chi connectivity index (χ0n) is 14.2. The molecule has 2 aromatic carbocycles. The van der Waals surface area contributed by atoms with Gasteiger partial charge in [0.25, 0.3) is 0 Å². The minimum Gasteiger partial charge on any atom is -0.744 e. The molecule has 0 aliphatic rings. The maximum atomic E-state index is 10.7. The van der Waals surface area contributed by atoms with Crippen LogP contribution in [0.25, 0.3) is 0 Å². The van der Waals surface area contributed by atoms with Crippen LogP contribution in [0.5, 0.6) is 0 Å². The summed E-state index contributed by atoms with van der Waals surface area (Å²) in [6.45, 7) is 3.19. The topological polar surface area (TPSA) is 166 Å². The average molecular weight is 481 g/mol. The molecular weight excluding hydrogens is 467 g/mol. The molecule has 13 heteroatoms. The molecule has 0 aliphatic heterocycles. The van der Waals surface area contributed by atoms with Gasteiger partial charge in [0.1, 0.15) is 20.2 Å². The quantitative estimate of drug-likeness (QED) is 0.373. The molecule has 0 amide bonds. The number of nitrogen functional groups attached to an aromatic ring is 2. The van der Waals surface area contributed by atoms with Gasteiger partial charge in [0.05, 0.1) is 31.2 Å². The van der Waals surface area contributed by atoms with Gasteiger partial charge in [-0.05, 0) is 37.1 Å². The molecule has 8 nitrogen and oxygen atoms in total. The van der Waals surface area contributed by atoms with Gasteiger partial charge < -0.3 is 20.6 Å². The van der Waals surface area contributed by atoms with Gasteiger partial charge >= 0.3 is 37.7 Å². The van der Waals surface area contributed by atoms with Crippen LogP contribution in [-0.4, -0.2) is 63.7 Å². The second kappa shape index (κ2) is 9.95. The third-order valence-electron chi connectivity index (χ3n) is 3.14. The monoisotopic (exact) mass is 480 g/mol. The Balaban J connectivity index is 0.000000483. The van der Waals surface area contributed by atoms with E-state index in [2.05, 4.69) is 0 Å². The Morgan fingerprint density at radius 2 is 1.00 bits per heavy atom. The fourth-order valence-electron chi connectivity index (χ4n) is 1.85. The molecule has 0 radical (unpaired) electrons. The van der Waals surface area contributed by atoms with Gasteiger partial charge in [-0.15, -0.1) is 0 Å². The van der Waals surface area contributed by atoms with Crippen LogP contribution in [0.1, 0.15) is 11.1 Å². The summed E-state index contributed by atoms with van der Waals surface area (Å²) in [5.74, 6) is 0. The number of hydrogen-bond donors (Lipinski definition) is 2. The van der Waals surface area contributed by atoms with E-state index in [-0.39, 0.29) is 59.2 Å². The molecule has 2 rings (SSSR count). The zero-order valence-corrected chi connectivity index (χ0v) is 19.5. The maximum Gasteiger partial charge on any atom is 2.00 e. The third-order valence-corrected chi connectivity index (χ3v) is 6.22. The minimum absolute atomic E-state index is 0. The Kier molecular flexibility index (Phi) is 9.84. The summed E-state index contributed by atoms with van der Waals surface area (Å²) in [7, 11) is -9.19. The largest absolute Gasteiger partial charge is 2.00 e. The van der Waals surface area contributed by atoms with Crippen molar-refractivity contribution in [3.63, 3.8) is 0 Å². The van der Waals surface area contributed by atoms with Crippen molar-refractivity contribution in [2.24, 2.45) is 0 Å². The number of rotatable bonds is 2. The number of halogens is 2. The van der Waals surface area contributed by atoms with Crippen molar-refractivity contribution in [3.05, 3.63) is 45.4 Å². The Labute approximate surface area is 197 Å². The first-order chi connectivity index (χ1) is 11.7. The van der Waals surface area contributed by atoms with E-state index in [1.807, 2.05) is 0 Å². The van der Waals surface area contributed by atoms with E-state index in [0.717, 1.165) is 0 Å². The van der Waals surface area contributed by atoms with Crippen molar-refractivity contribution >= 4 is 92.6 Å². The second-order valence-corrected chi connectivity index (χ2v) is 8.53. The van der Waals surface area contributed by atoms with Gasteiger partial charge in [0.15, 0.2) is 0 Å². The van der Waals surface area contributed by atoms with Crippen LogP contribution in [0, 0.1) is 13.8 Å². The number of aryl methyl sites for hydroxylation is 2. The molecule has 2 aromatic rings. The normalized spacial score (nSPS) is 11.2. The molecule has 0 saturated carbocycles. The SMILES string of the molecule is Cc1ccc(N)c(S(=O)(=O)[O-])c1Cl.Cc1ccc(N)c(S(=O)(=O)[O-])c1Cl.[Ca+2]. The summed E-state index contributed by atoms with van der Waals surface area (Å²) in [6, 6.07) is 5.77. The molecule has 4 N–H and O–H groups in total. The van der Waals surface area contributed by atoms with Gasteiger partial charge in [0.2, 0.25) is 0 Å². The van der Waals surface area contributed by atoms with E-state index in [0.29, 0.717) is 11.1 Å². The Bertz CT molecular complexity index is 974. The minimum atomic E-state index is -4.59. The van der Waals surface area contributed by atoms with Gasteiger partial charge in [-0.3, -0.25) is 0 Å². The summed E-state index contributed by atoms with van der Waals surface area (Å²) >= 11 is 11.2. The summed E-state index contributed by atoms with van der Waals surface area (Å²) in [5, 5.41) is -0.204. The molecule has 0 bridgehead atoms. The predicted octanol–water partition coefficient (Wildman–Crippen LogP) is 1.89. The zero-order chi connectivity index (χ0) is 20.4. The summed E-state index contributed by atoms with van der Waals surface area (Å²) < 4.78 is 64.2. The van der Waals surface area contributed by atoms with E-state index in [9.17, 15) is 25.9 Å². The van der Waals surface area contributed by atoms with Gasteiger partial charge in [0, 0.05) is 0 Å². The molecule has 0 unspecified atom stereocenters. The van der Waals surface area contributed by atoms with Crippen molar-refractivity contribution in [2.75, 3.05) is 11.5 Å². The van der Waals surface area contributed by atoms with Crippen LogP contribution in [0.3, 0.4) is 0 Å². The van der Waals surface area contributed by atoms with Crippen LogP contribution >= 0.6 is 23.2 Å². The first kappa shape index (κ1) is 26.7. The Hall–Kier alpha value is -0.300. The molecule has 144 valence electrons. The van der Waals surface area contributed by atoms with E-state index in [4.69, 9.17) is 34.7 Å². The molecule has 0 atom stereocenters. The summed E-state index contributed by atoms with van der Waals surface area (Å²) in [4.78, 5) is -1.07. The van der Waals surface area contributed by atoms with Gasteiger partial charge in [-0.25, -0.2) is 16.8 Å². The molecule has 0 aliphatic carbocycles. The predicted molar refractivity (Wildman–Crippen MR) is 103 cm³/mol. The summed E-state index contributed by atoms with van der Waals surface area (Å²) in [5.41, 5.74) is 11.4. The standard InChI is InChI=1S/2C7H8ClNO3S.Ca/c2*1-4-2-3-5(9)7(6(4)8)13(10,11)12;/h2*2-3H,9H2,1H3,(H,10,11,12);/q;;+2/p-2. The fourth-order valence-corrected chi connectivity index (χ4v) is 4.23. The average Bonchev–Trinajstić information content (AvgIpc) is 2.45. The van der Waals surface area contributed by atoms with Crippen LogP contribution in [0.4, 0.5) is 11.4 Å². The number of benzene rings is 2. The Morgan fingerprint density at radius 1 is 0.741 bits per heavy atom. The second-order valence-electron chi connectivity index (χ2n) is 5.14. The molecule has 0 spiro atoms. The number of anilines is 2. The van der Waals surface area contributed by atoms with E-state index in [1.54, 1.807) is 26.0 Å². The van der Waals surface area contributed by atoms with Crippen molar-refractivity contribution in [1.29, 1.82) is 0 Å². The molecule has 0 fully saturated rings. The van der Waals surface area contributed by atoms with Crippen LogP contribution in [0.15, 0.2) is 34.1 Å². The van der Waals surface area contributed by atoms with Crippen molar-refractivity contribution in [1.82, 2.24) is 0 Å². The molecule has 0 saturated heterocycles. The van der Waals surface area contributed by atoms with Crippen LogP contribution in [0.2, 0.25) is 10.0 Å². The van der Waals surface area contributed by atoms with Crippen molar-refractivity contribution in [3.8, 4) is 0 Å². The van der Waals surface area contributed by atoms with Crippen LogP contribution < -0.4 is 11.5 Å². The summed E-state index contributed by atoms with van der Waals surface area (Å²) in [6.07, 6.45) is 0. The fraction of sp³-hybridized carbons (Fsp3) is 0.143. The molecule has 0 heterocycles. The van der Waals surface area contributed by atoms with E-state index in [1.165, 1.54) is 12.1 Å². The van der Waals surface area contributed by atoms with Crippen molar-refractivity contribution < 1.29 is 25.9 Å². The van der Waals surface area contributed by atoms with E-state index < -0.39 is 30.0 Å². The van der Waals surface area contributed by atoms with Crippen molar-refractivity contribution in [2.45, 2.75) is 23.6 Å². The van der Waals surface area contributed by atoms with Gasteiger partial charge in [-0.1, -0.05) is 35.3 Å². The van der Waals surface area contributed by atoms with E-state index >= 15 is 0 Å². The van der Waals surface area contributed by atoms with Crippen LogP contribution in [-0.2, 0) is 20.2 Å². The molecule has 27 heavy (non-hydrogen) atoms. The molecule has 0 aromatic heterocycles. The third kappa shape index (κ3) is 6.91. The first-order valence-corrected chi connectivity index (χ1v) is 10.3. The van der Waals surface area contributed by atoms with Gasteiger partial charge in [-0.2, -0.15) is 0 Å². The molecular formula is C14H14CaCl2N2O6S2. The first-order valence-electron chi connectivity index (χ1n) is 6.68. The maximum absolute atomic E-state index is 10.7. The Morgan fingerprint density at radius 3 is 1.19 bits per heavy atom. The number of nitrogens with two attached hydrogens (primary N) is 2. The smallest absolute Gasteiger partial charge is 0.744 e.